The van der Waals surface area contributed by atoms with Crippen molar-refractivity contribution < 1.29 is 21.6 Å². The van der Waals surface area contributed by atoms with Crippen molar-refractivity contribution in [2.24, 2.45) is 0 Å². The Labute approximate surface area is 164 Å². The third kappa shape index (κ3) is 2.77. The highest BCUT2D eigenvalue weighted by Crippen LogP contribution is 2.46. The van der Waals surface area contributed by atoms with E-state index >= 15 is 0 Å². The van der Waals surface area contributed by atoms with Gasteiger partial charge in [0.1, 0.15) is 10.6 Å². The maximum atomic E-state index is 13.5. The van der Waals surface area contributed by atoms with E-state index < -0.39 is 27.9 Å². The van der Waals surface area contributed by atoms with Gasteiger partial charge in [-0.15, -0.1) is 0 Å². The maximum absolute atomic E-state index is 13.5. The molecule has 2 aliphatic heterocycles. The number of alkyl halides is 3. The second-order valence-corrected chi connectivity index (χ2v) is 9.01. The molecule has 150 valence electrons. The molecule has 3 aromatic rings. The summed E-state index contributed by atoms with van der Waals surface area (Å²) < 4.78 is 66.8. The van der Waals surface area contributed by atoms with E-state index in [0.717, 1.165) is 34.6 Å². The van der Waals surface area contributed by atoms with Crippen LogP contribution in [-0.2, 0) is 29.0 Å². The molecule has 0 saturated heterocycles. The van der Waals surface area contributed by atoms with Crippen LogP contribution in [0.1, 0.15) is 34.1 Å². The fourth-order valence-electron chi connectivity index (χ4n) is 4.25. The Balaban J connectivity index is 1.64. The molecule has 2 aliphatic rings. The molecule has 2 aromatic heterocycles. The summed E-state index contributed by atoms with van der Waals surface area (Å²) in [5, 5.41) is 7.07. The summed E-state index contributed by atoms with van der Waals surface area (Å²) in [5.74, 6) is 0. The highest BCUT2D eigenvalue weighted by atomic mass is 32.2. The number of benzene rings is 1. The van der Waals surface area contributed by atoms with Gasteiger partial charge in [-0.05, 0) is 29.7 Å². The predicted octanol–water partition coefficient (Wildman–Crippen LogP) is 3.08. The number of halogens is 3. The van der Waals surface area contributed by atoms with Crippen molar-refractivity contribution >= 4 is 10.0 Å². The molecule has 0 spiro atoms. The Morgan fingerprint density at radius 2 is 1.86 bits per heavy atom. The number of nitrogens with zero attached hydrogens (tertiary/aromatic N) is 3. The normalized spacial score (nSPS) is 21.5. The van der Waals surface area contributed by atoms with Gasteiger partial charge in [0.25, 0.3) is 0 Å². The topological polar surface area (TPSA) is 79.0 Å². The first-order chi connectivity index (χ1) is 13.8. The van der Waals surface area contributed by atoms with Gasteiger partial charge >= 0.3 is 6.18 Å². The predicted molar refractivity (Wildman–Crippen MR) is 96.3 cm³/mol. The van der Waals surface area contributed by atoms with E-state index in [1.807, 2.05) is 24.3 Å². The fourth-order valence-corrected chi connectivity index (χ4v) is 5.97. The number of aromatic amines is 1. The number of sulfonamides is 1. The van der Waals surface area contributed by atoms with Crippen LogP contribution in [0, 0.1) is 0 Å². The summed E-state index contributed by atoms with van der Waals surface area (Å²) in [7, 11) is -4.08. The number of hydrogen-bond donors (Lipinski definition) is 1. The summed E-state index contributed by atoms with van der Waals surface area (Å²) in [5.41, 5.74) is 2.36. The molecule has 2 bridgehead atoms. The zero-order valence-corrected chi connectivity index (χ0v) is 15.7. The summed E-state index contributed by atoms with van der Waals surface area (Å²) in [6.07, 6.45) is -1.23. The maximum Gasteiger partial charge on any atom is 0.433 e. The largest absolute Gasteiger partial charge is 0.433 e. The standard InChI is InChI=1S/C19H15F3N4O2S/c20-19(21,22)17-6-5-13(9-23-17)29(27,28)26-12-7-11-3-1-2-4-14(11)18(26)15-10-24-25-16(15)8-12/h1-6,9-10,12,18H,7-8H2,(H,24,25). The van der Waals surface area contributed by atoms with Gasteiger partial charge in [-0.25, -0.2) is 8.42 Å². The Hall–Kier alpha value is -2.72. The van der Waals surface area contributed by atoms with Crippen LogP contribution in [0.3, 0.4) is 0 Å². The number of fused-ring (bicyclic) bond motifs is 6. The van der Waals surface area contributed by atoms with Gasteiger partial charge in [0.05, 0.1) is 11.7 Å². The molecule has 10 heteroatoms. The van der Waals surface area contributed by atoms with E-state index in [1.165, 1.54) is 4.31 Å². The first-order valence-corrected chi connectivity index (χ1v) is 10.4. The molecule has 0 saturated carbocycles. The minimum Gasteiger partial charge on any atom is -0.285 e. The quantitative estimate of drug-likeness (QED) is 0.691. The number of aromatic nitrogens is 3. The molecule has 29 heavy (non-hydrogen) atoms. The van der Waals surface area contributed by atoms with E-state index in [1.54, 1.807) is 6.20 Å². The van der Waals surface area contributed by atoms with Gasteiger partial charge in [-0.1, -0.05) is 24.3 Å². The van der Waals surface area contributed by atoms with Crippen molar-refractivity contribution in [2.45, 2.75) is 36.0 Å². The van der Waals surface area contributed by atoms with E-state index in [4.69, 9.17) is 0 Å². The van der Waals surface area contributed by atoms with Crippen molar-refractivity contribution in [3.63, 3.8) is 0 Å². The third-order valence-corrected chi connectivity index (χ3v) is 7.40. The molecule has 5 rings (SSSR count). The lowest BCUT2D eigenvalue weighted by atomic mass is 9.81. The average Bonchev–Trinajstić information content (AvgIpc) is 3.15. The lowest BCUT2D eigenvalue weighted by Gasteiger charge is -2.45. The first-order valence-electron chi connectivity index (χ1n) is 8.94. The molecular weight excluding hydrogens is 405 g/mol. The van der Waals surface area contributed by atoms with Crippen LogP contribution in [0.4, 0.5) is 13.2 Å². The molecule has 4 heterocycles. The molecule has 0 fully saturated rings. The van der Waals surface area contributed by atoms with Crippen LogP contribution in [0.25, 0.3) is 0 Å². The minimum atomic E-state index is -4.63. The molecular formula is C19H15F3N4O2S. The van der Waals surface area contributed by atoms with Gasteiger partial charge in [0, 0.05) is 30.4 Å². The molecule has 2 atom stereocenters. The van der Waals surface area contributed by atoms with Crippen LogP contribution in [-0.4, -0.2) is 33.9 Å². The molecule has 1 aromatic carbocycles. The van der Waals surface area contributed by atoms with Crippen molar-refractivity contribution in [1.29, 1.82) is 0 Å². The van der Waals surface area contributed by atoms with E-state index in [0.29, 0.717) is 18.9 Å². The van der Waals surface area contributed by atoms with Crippen LogP contribution in [0.15, 0.2) is 53.7 Å². The lowest BCUT2D eigenvalue weighted by Crippen LogP contribution is -2.51. The van der Waals surface area contributed by atoms with Crippen LogP contribution in [0.5, 0.6) is 0 Å². The van der Waals surface area contributed by atoms with Gasteiger partial charge < -0.3 is 0 Å². The molecule has 1 N–H and O–H groups in total. The van der Waals surface area contributed by atoms with Crippen molar-refractivity contribution in [3.05, 3.63) is 76.9 Å². The van der Waals surface area contributed by atoms with E-state index in [9.17, 15) is 21.6 Å². The number of H-pyrrole nitrogens is 1. The fraction of sp³-hybridized carbons (Fsp3) is 0.263. The Kier molecular flexibility index (Phi) is 3.88. The summed E-state index contributed by atoms with van der Waals surface area (Å²) >= 11 is 0. The number of hydrogen-bond acceptors (Lipinski definition) is 4. The highest BCUT2D eigenvalue weighted by Gasteiger charge is 2.48. The SMILES string of the molecule is O=S(=O)(c1ccc(C(F)(F)F)nc1)N1C2Cc3ccccc3C1c1c[nH]nc1C2. The van der Waals surface area contributed by atoms with E-state index in [2.05, 4.69) is 15.2 Å². The average molecular weight is 420 g/mol. The Bertz CT molecular complexity index is 1190. The Morgan fingerprint density at radius 3 is 2.59 bits per heavy atom. The Morgan fingerprint density at radius 1 is 1.07 bits per heavy atom. The summed E-state index contributed by atoms with van der Waals surface area (Å²) in [4.78, 5) is 3.08. The number of pyridine rings is 1. The molecule has 6 nitrogen and oxygen atoms in total. The van der Waals surface area contributed by atoms with Gasteiger partial charge in [-0.3, -0.25) is 10.1 Å². The molecule has 0 amide bonds. The first kappa shape index (κ1) is 18.3. The molecule has 0 radical (unpaired) electrons. The van der Waals surface area contributed by atoms with Crippen LogP contribution in [0.2, 0.25) is 0 Å². The minimum absolute atomic E-state index is 0.258. The van der Waals surface area contributed by atoms with Crippen molar-refractivity contribution in [1.82, 2.24) is 19.5 Å². The second-order valence-electron chi connectivity index (χ2n) is 7.16. The van der Waals surface area contributed by atoms with Gasteiger partial charge in [0.2, 0.25) is 10.0 Å². The van der Waals surface area contributed by atoms with Crippen molar-refractivity contribution in [2.75, 3.05) is 0 Å². The molecule has 0 aliphatic carbocycles. The van der Waals surface area contributed by atoms with Crippen molar-refractivity contribution in [3.8, 4) is 0 Å². The van der Waals surface area contributed by atoms with Gasteiger partial charge in [-0.2, -0.15) is 22.6 Å². The zero-order chi connectivity index (χ0) is 20.4. The second kappa shape index (κ2) is 6.14. The monoisotopic (exact) mass is 420 g/mol. The third-order valence-electron chi connectivity index (χ3n) is 5.50. The van der Waals surface area contributed by atoms with Crippen LogP contribution < -0.4 is 0 Å². The summed E-state index contributed by atoms with van der Waals surface area (Å²) in [6, 6.07) is 8.32. The molecule has 2 unspecified atom stereocenters. The highest BCUT2D eigenvalue weighted by molar-refractivity contribution is 7.89. The zero-order valence-electron chi connectivity index (χ0n) is 14.9. The summed E-state index contributed by atoms with van der Waals surface area (Å²) in [6.45, 7) is 0. The number of nitrogens with one attached hydrogen (secondary N) is 1. The number of rotatable bonds is 2. The lowest BCUT2D eigenvalue weighted by molar-refractivity contribution is -0.141. The smallest absolute Gasteiger partial charge is 0.285 e. The van der Waals surface area contributed by atoms with Gasteiger partial charge in [0.15, 0.2) is 0 Å². The van der Waals surface area contributed by atoms with Crippen LogP contribution >= 0.6 is 0 Å². The van der Waals surface area contributed by atoms with E-state index in [-0.39, 0.29) is 10.9 Å².